The Labute approximate surface area is 124 Å². The number of hydrogen-bond acceptors (Lipinski definition) is 4. The van der Waals surface area contributed by atoms with E-state index in [2.05, 4.69) is 4.72 Å². The standard InChI is InChI=1S/C15H16N2O3S/c1-17-9-10-20-15-8-7-12(11-14(15)17)16-21(18,19)13-5-3-2-4-6-13/h2-8,11,16H,9-10H2,1H3. The molecule has 2 aromatic carbocycles. The van der Waals surface area contributed by atoms with Crippen molar-refractivity contribution in [3.05, 3.63) is 48.5 Å². The molecule has 0 spiro atoms. The Bertz CT molecular complexity index is 745. The van der Waals surface area contributed by atoms with Crippen LogP contribution in [0.25, 0.3) is 0 Å². The van der Waals surface area contributed by atoms with E-state index >= 15 is 0 Å². The van der Waals surface area contributed by atoms with Crippen molar-refractivity contribution in [3.63, 3.8) is 0 Å². The maximum atomic E-state index is 12.3. The van der Waals surface area contributed by atoms with Gasteiger partial charge in [0.1, 0.15) is 12.4 Å². The quantitative estimate of drug-likeness (QED) is 0.945. The summed E-state index contributed by atoms with van der Waals surface area (Å²) in [5.74, 6) is 0.770. The van der Waals surface area contributed by atoms with Gasteiger partial charge in [-0.15, -0.1) is 0 Å². The van der Waals surface area contributed by atoms with Gasteiger partial charge in [0.2, 0.25) is 0 Å². The number of nitrogens with zero attached hydrogens (tertiary/aromatic N) is 1. The van der Waals surface area contributed by atoms with Crippen LogP contribution in [0.5, 0.6) is 5.75 Å². The average molecular weight is 304 g/mol. The molecule has 0 bridgehead atoms. The van der Waals surface area contributed by atoms with Crippen molar-refractivity contribution < 1.29 is 13.2 Å². The van der Waals surface area contributed by atoms with E-state index < -0.39 is 10.0 Å². The van der Waals surface area contributed by atoms with Crippen LogP contribution < -0.4 is 14.4 Å². The minimum Gasteiger partial charge on any atom is -0.490 e. The van der Waals surface area contributed by atoms with Crippen LogP contribution in [0.4, 0.5) is 11.4 Å². The molecule has 0 saturated heterocycles. The molecule has 0 aliphatic carbocycles. The number of benzene rings is 2. The summed E-state index contributed by atoms with van der Waals surface area (Å²) < 4.78 is 32.7. The second-order valence-electron chi connectivity index (χ2n) is 4.87. The van der Waals surface area contributed by atoms with Gasteiger partial charge in [0.05, 0.1) is 22.8 Å². The first-order valence-electron chi connectivity index (χ1n) is 6.62. The van der Waals surface area contributed by atoms with E-state index in [4.69, 9.17) is 4.74 Å². The molecule has 110 valence electrons. The molecule has 0 unspecified atom stereocenters. The van der Waals surface area contributed by atoms with Gasteiger partial charge < -0.3 is 9.64 Å². The van der Waals surface area contributed by atoms with Gasteiger partial charge in [-0.05, 0) is 30.3 Å². The Hall–Kier alpha value is -2.21. The van der Waals surface area contributed by atoms with Crippen LogP contribution in [-0.2, 0) is 10.0 Å². The normalized spacial score (nSPS) is 14.2. The third kappa shape index (κ3) is 2.80. The van der Waals surface area contributed by atoms with E-state index in [0.717, 1.165) is 18.0 Å². The number of rotatable bonds is 3. The Morgan fingerprint density at radius 3 is 2.67 bits per heavy atom. The molecule has 0 atom stereocenters. The number of likely N-dealkylation sites (N-methyl/N-ethyl adjacent to an activating group) is 1. The lowest BCUT2D eigenvalue weighted by Crippen LogP contribution is -2.28. The summed E-state index contributed by atoms with van der Waals surface area (Å²) in [5.41, 5.74) is 1.41. The highest BCUT2D eigenvalue weighted by Gasteiger charge is 2.18. The number of sulfonamides is 1. The molecule has 6 heteroatoms. The molecule has 1 aliphatic heterocycles. The van der Waals surface area contributed by atoms with Crippen molar-refractivity contribution in [2.45, 2.75) is 4.90 Å². The lowest BCUT2D eigenvalue weighted by molar-refractivity contribution is 0.311. The van der Waals surface area contributed by atoms with Crippen LogP contribution in [0.2, 0.25) is 0 Å². The van der Waals surface area contributed by atoms with Crippen molar-refractivity contribution in [2.75, 3.05) is 29.8 Å². The molecule has 5 nitrogen and oxygen atoms in total. The smallest absolute Gasteiger partial charge is 0.261 e. The first kappa shape index (κ1) is 13.8. The fourth-order valence-corrected chi connectivity index (χ4v) is 3.30. The second-order valence-corrected chi connectivity index (χ2v) is 6.55. The molecule has 1 aliphatic rings. The molecule has 2 aromatic rings. The summed E-state index contributed by atoms with van der Waals surface area (Å²) in [6.45, 7) is 1.42. The molecule has 0 radical (unpaired) electrons. The molecule has 21 heavy (non-hydrogen) atoms. The fraction of sp³-hybridized carbons (Fsp3) is 0.200. The summed E-state index contributed by atoms with van der Waals surface area (Å²) in [7, 11) is -1.61. The highest BCUT2D eigenvalue weighted by Crippen LogP contribution is 2.33. The summed E-state index contributed by atoms with van der Waals surface area (Å²) in [4.78, 5) is 2.28. The van der Waals surface area contributed by atoms with Crippen LogP contribution >= 0.6 is 0 Å². The SMILES string of the molecule is CN1CCOc2ccc(NS(=O)(=O)c3ccccc3)cc21. The summed E-state index contributed by atoms with van der Waals surface area (Å²) in [6.07, 6.45) is 0. The van der Waals surface area contributed by atoms with Gasteiger partial charge in [0, 0.05) is 7.05 Å². The fourth-order valence-electron chi connectivity index (χ4n) is 2.23. The van der Waals surface area contributed by atoms with E-state index in [1.54, 1.807) is 48.5 Å². The second kappa shape index (κ2) is 5.29. The Balaban J connectivity index is 1.91. The maximum absolute atomic E-state index is 12.3. The first-order chi connectivity index (χ1) is 10.1. The van der Waals surface area contributed by atoms with Gasteiger partial charge in [-0.2, -0.15) is 0 Å². The van der Waals surface area contributed by atoms with Crippen LogP contribution in [0, 0.1) is 0 Å². The zero-order chi connectivity index (χ0) is 14.9. The van der Waals surface area contributed by atoms with Crippen LogP contribution in [0.15, 0.2) is 53.4 Å². The molecule has 0 aromatic heterocycles. The zero-order valence-electron chi connectivity index (χ0n) is 11.6. The summed E-state index contributed by atoms with van der Waals surface area (Å²) in [5, 5.41) is 0. The molecule has 0 fully saturated rings. The Morgan fingerprint density at radius 2 is 1.90 bits per heavy atom. The van der Waals surface area contributed by atoms with Crippen LogP contribution in [-0.4, -0.2) is 28.6 Å². The predicted octanol–water partition coefficient (Wildman–Crippen LogP) is 2.32. The summed E-state index contributed by atoms with van der Waals surface area (Å²) in [6, 6.07) is 13.6. The lowest BCUT2D eigenvalue weighted by Gasteiger charge is -2.28. The topological polar surface area (TPSA) is 58.6 Å². The van der Waals surface area contributed by atoms with Gasteiger partial charge in [-0.3, -0.25) is 4.72 Å². The summed E-state index contributed by atoms with van der Waals surface area (Å²) >= 11 is 0. The molecular formula is C15H16N2O3S. The third-order valence-corrected chi connectivity index (χ3v) is 4.76. The van der Waals surface area contributed by atoms with E-state index in [-0.39, 0.29) is 4.90 Å². The van der Waals surface area contributed by atoms with Crippen molar-refractivity contribution in [2.24, 2.45) is 0 Å². The zero-order valence-corrected chi connectivity index (χ0v) is 12.4. The van der Waals surface area contributed by atoms with Gasteiger partial charge in [0.25, 0.3) is 10.0 Å². The predicted molar refractivity (Wildman–Crippen MR) is 82.5 cm³/mol. The number of ether oxygens (including phenoxy) is 1. The largest absolute Gasteiger partial charge is 0.490 e. The van der Waals surface area contributed by atoms with Gasteiger partial charge in [-0.1, -0.05) is 18.2 Å². The van der Waals surface area contributed by atoms with E-state index in [1.807, 2.05) is 11.9 Å². The number of anilines is 2. The van der Waals surface area contributed by atoms with Crippen LogP contribution in [0.1, 0.15) is 0 Å². The highest BCUT2D eigenvalue weighted by atomic mass is 32.2. The van der Waals surface area contributed by atoms with Crippen molar-refractivity contribution in [1.82, 2.24) is 0 Å². The number of nitrogens with one attached hydrogen (secondary N) is 1. The third-order valence-electron chi connectivity index (χ3n) is 3.36. The van der Waals surface area contributed by atoms with Crippen molar-refractivity contribution in [3.8, 4) is 5.75 Å². The van der Waals surface area contributed by atoms with Crippen molar-refractivity contribution >= 4 is 21.4 Å². The molecule has 1 heterocycles. The lowest BCUT2D eigenvalue weighted by atomic mass is 10.2. The Kier molecular flexibility index (Phi) is 3.47. The molecule has 0 amide bonds. The van der Waals surface area contributed by atoms with Gasteiger partial charge in [0.15, 0.2) is 0 Å². The first-order valence-corrected chi connectivity index (χ1v) is 8.10. The molecular weight excluding hydrogens is 288 g/mol. The number of fused-ring (bicyclic) bond motifs is 1. The maximum Gasteiger partial charge on any atom is 0.261 e. The minimum absolute atomic E-state index is 0.243. The average Bonchev–Trinajstić information content (AvgIpc) is 2.49. The van der Waals surface area contributed by atoms with Gasteiger partial charge >= 0.3 is 0 Å². The van der Waals surface area contributed by atoms with Crippen LogP contribution in [0.3, 0.4) is 0 Å². The minimum atomic E-state index is -3.57. The molecule has 3 rings (SSSR count). The molecule has 1 N–H and O–H groups in total. The van der Waals surface area contributed by atoms with E-state index in [1.165, 1.54) is 0 Å². The number of hydrogen-bond donors (Lipinski definition) is 1. The molecule has 0 saturated carbocycles. The monoisotopic (exact) mass is 304 g/mol. The van der Waals surface area contributed by atoms with E-state index in [9.17, 15) is 8.42 Å². The van der Waals surface area contributed by atoms with Gasteiger partial charge in [-0.25, -0.2) is 8.42 Å². The van der Waals surface area contributed by atoms with E-state index in [0.29, 0.717) is 12.3 Å². The highest BCUT2D eigenvalue weighted by molar-refractivity contribution is 7.92. The van der Waals surface area contributed by atoms with Crippen molar-refractivity contribution in [1.29, 1.82) is 0 Å². The Morgan fingerprint density at radius 1 is 1.14 bits per heavy atom.